The Bertz CT molecular complexity index is 474. The Morgan fingerprint density at radius 1 is 1.37 bits per heavy atom. The van der Waals surface area contributed by atoms with E-state index in [1.807, 2.05) is 0 Å². The average molecular weight is 282 g/mol. The predicted molar refractivity (Wildman–Crippen MR) is 73.9 cm³/mol. The number of hydrogen-bond acceptors (Lipinski definition) is 5. The minimum atomic E-state index is -0.430. The minimum absolute atomic E-state index is 0.426. The van der Waals surface area contributed by atoms with Crippen LogP contribution in [-0.2, 0) is 16.1 Å². The van der Waals surface area contributed by atoms with Crippen molar-refractivity contribution < 1.29 is 9.59 Å². The Kier molecular flexibility index (Phi) is 4.36. The van der Waals surface area contributed by atoms with Gasteiger partial charge >= 0.3 is 11.8 Å². The van der Waals surface area contributed by atoms with Crippen LogP contribution in [-0.4, -0.2) is 53.3 Å². The van der Waals surface area contributed by atoms with Gasteiger partial charge in [-0.25, -0.2) is 4.98 Å². The maximum absolute atomic E-state index is 11.8. The van der Waals surface area contributed by atoms with Gasteiger partial charge in [0.25, 0.3) is 0 Å². The summed E-state index contributed by atoms with van der Waals surface area (Å²) in [6.07, 6.45) is 2.80. The van der Waals surface area contributed by atoms with Crippen LogP contribution in [0.25, 0.3) is 0 Å². The van der Waals surface area contributed by atoms with E-state index < -0.39 is 11.8 Å². The lowest BCUT2D eigenvalue weighted by atomic mass is 10.3. The number of nitrogens with one attached hydrogen (secondary N) is 1. The molecule has 7 heteroatoms. The van der Waals surface area contributed by atoms with Gasteiger partial charge in [0.1, 0.15) is 0 Å². The number of rotatable bonds is 5. The predicted octanol–water partition coefficient (Wildman–Crippen LogP) is 0.766. The zero-order valence-electron chi connectivity index (χ0n) is 11.2. The monoisotopic (exact) mass is 282 g/mol. The highest BCUT2D eigenvalue weighted by Gasteiger charge is 2.30. The van der Waals surface area contributed by atoms with Crippen molar-refractivity contribution in [2.24, 2.45) is 0 Å². The molecule has 0 aromatic carbocycles. The number of likely N-dealkylation sites (N-methyl/N-ethyl adjacent to an activating group) is 1. The Morgan fingerprint density at radius 2 is 2.16 bits per heavy atom. The van der Waals surface area contributed by atoms with Gasteiger partial charge in [-0.1, -0.05) is 6.92 Å². The second-order valence-electron chi connectivity index (χ2n) is 4.51. The SMILES string of the molecule is CCCNc1ncc(CN2CCN(C)C(=O)C2=O)s1. The lowest BCUT2D eigenvalue weighted by Gasteiger charge is -2.30. The molecule has 19 heavy (non-hydrogen) atoms. The highest BCUT2D eigenvalue weighted by atomic mass is 32.1. The molecule has 2 rings (SSSR count). The number of thiazole rings is 1. The molecule has 0 bridgehead atoms. The van der Waals surface area contributed by atoms with Crippen LogP contribution in [0.2, 0.25) is 0 Å². The van der Waals surface area contributed by atoms with Crippen LogP contribution >= 0.6 is 11.3 Å². The summed E-state index contributed by atoms with van der Waals surface area (Å²) >= 11 is 1.53. The van der Waals surface area contributed by atoms with Crippen molar-refractivity contribution in [2.75, 3.05) is 32.0 Å². The summed E-state index contributed by atoms with van der Waals surface area (Å²) in [5.41, 5.74) is 0. The molecule has 1 aliphatic rings. The summed E-state index contributed by atoms with van der Waals surface area (Å²) in [5, 5.41) is 4.07. The topological polar surface area (TPSA) is 65.5 Å². The molecule has 1 aromatic heterocycles. The summed E-state index contributed by atoms with van der Waals surface area (Å²) in [6.45, 7) is 4.61. The van der Waals surface area contributed by atoms with Crippen LogP contribution in [0.3, 0.4) is 0 Å². The number of nitrogens with zero attached hydrogens (tertiary/aromatic N) is 3. The number of amides is 2. The third-order valence-corrected chi connectivity index (χ3v) is 3.89. The van der Waals surface area contributed by atoms with E-state index in [1.165, 1.54) is 16.2 Å². The molecular formula is C12H18N4O2S. The molecule has 104 valence electrons. The van der Waals surface area contributed by atoms with Crippen molar-refractivity contribution in [2.45, 2.75) is 19.9 Å². The fourth-order valence-electron chi connectivity index (χ4n) is 1.81. The van der Waals surface area contributed by atoms with Gasteiger partial charge in [0, 0.05) is 37.8 Å². The van der Waals surface area contributed by atoms with Crippen molar-refractivity contribution in [1.82, 2.24) is 14.8 Å². The zero-order chi connectivity index (χ0) is 13.8. The van der Waals surface area contributed by atoms with Crippen molar-refractivity contribution in [1.29, 1.82) is 0 Å². The lowest BCUT2D eigenvalue weighted by Crippen LogP contribution is -2.52. The van der Waals surface area contributed by atoms with Gasteiger partial charge in [-0.05, 0) is 6.42 Å². The molecule has 0 atom stereocenters. The number of carbonyl (C=O) groups is 2. The second-order valence-corrected chi connectivity index (χ2v) is 5.63. The molecule has 2 amide bonds. The van der Waals surface area contributed by atoms with Gasteiger partial charge in [0.05, 0.1) is 6.54 Å². The smallest absolute Gasteiger partial charge is 0.312 e. The third-order valence-electron chi connectivity index (χ3n) is 2.95. The summed E-state index contributed by atoms with van der Waals surface area (Å²) in [7, 11) is 1.65. The number of piperazine rings is 1. The number of carbonyl (C=O) groups excluding carboxylic acids is 2. The molecule has 0 radical (unpaired) electrons. The molecule has 1 fully saturated rings. The van der Waals surface area contributed by atoms with E-state index in [9.17, 15) is 9.59 Å². The summed E-state index contributed by atoms with van der Waals surface area (Å²) in [4.78, 5) is 31.7. The third kappa shape index (κ3) is 3.23. The van der Waals surface area contributed by atoms with E-state index in [2.05, 4.69) is 17.2 Å². The van der Waals surface area contributed by atoms with E-state index in [1.54, 1.807) is 18.1 Å². The first-order chi connectivity index (χ1) is 9.11. The average Bonchev–Trinajstić information content (AvgIpc) is 2.85. The van der Waals surface area contributed by atoms with Gasteiger partial charge in [-0.3, -0.25) is 9.59 Å². The standard InChI is InChI=1S/C12H18N4O2S/c1-3-4-13-12-14-7-9(19-12)8-16-6-5-15(2)10(17)11(16)18/h7H,3-6,8H2,1-2H3,(H,13,14). The molecule has 1 aromatic rings. The van der Waals surface area contributed by atoms with Gasteiger partial charge in [-0.2, -0.15) is 0 Å². The molecular weight excluding hydrogens is 264 g/mol. The number of hydrogen-bond donors (Lipinski definition) is 1. The van der Waals surface area contributed by atoms with E-state index in [0.717, 1.165) is 23.0 Å². The van der Waals surface area contributed by atoms with Gasteiger partial charge < -0.3 is 15.1 Å². The van der Waals surface area contributed by atoms with Crippen LogP contribution in [0, 0.1) is 0 Å². The zero-order valence-corrected chi connectivity index (χ0v) is 12.0. The van der Waals surface area contributed by atoms with Crippen molar-refractivity contribution in [3.63, 3.8) is 0 Å². The molecule has 1 N–H and O–H groups in total. The van der Waals surface area contributed by atoms with Gasteiger partial charge in [0.15, 0.2) is 5.13 Å². The van der Waals surface area contributed by atoms with Crippen LogP contribution in [0.5, 0.6) is 0 Å². The number of anilines is 1. The first-order valence-electron chi connectivity index (χ1n) is 6.34. The molecule has 0 unspecified atom stereocenters. The molecule has 0 spiro atoms. The van der Waals surface area contributed by atoms with Gasteiger partial charge in [0.2, 0.25) is 0 Å². The molecule has 1 saturated heterocycles. The Morgan fingerprint density at radius 3 is 2.89 bits per heavy atom. The van der Waals surface area contributed by atoms with E-state index in [0.29, 0.717) is 19.6 Å². The van der Waals surface area contributed by atoms with Crippen LogP contribution in [0.1, 0.15) is 18.2 Å². The Hall–Kier alpha value is -1.63. The van der Waals surface area contributed by atoms with E-state index in [4.69, 9.17) is 0 Å². The van der Waals surface area contributed by atoms with Crippen LogP contribution < -0.4 is 5.32 Å². The fraction of sp³-hybridized carbons (Fsp3) is 0.583. The summed E-state index contributed by atoms with van der Waals surface area (Å²) < 4.78 is 0. The normalized spacial score (nSPS) is 16.1. The second kappa shape index (κ2) is 6.01. The Balaban J connectivity index is 1.95. The van der Waals surface area contributed by atoms with Gasteiger partial charge in [-0.15, -0.1) is 11.3 Å². The molecule has 1 aliphatic heterocycles. The highest BCUT2D eigenvalue weighted by Crippen LogP contribution is 2.20. The fourth-order valence-corrected chi connectivity index (χ4v) is 2.66. The highest BCUT2D eigenvalue weighted by molar-refractivity contribution is 7.15. The van der Waals surface area contributed by atoms with Crippen LogP contribution in [0.4, 0.5) is 5.13 Å². The first-order valence-corrected chi connectivity index (χ1v) is 7.16. The first kappa shape index (κ1) is 13.8. The summed E-state index contributed by atoms with van der Waals surface area (Å²) in [6, 6.07) is 0. The minimum Gasteiger partial charge on any atom is -0.362 e. The molecule has 6 nitrogen and oxygen atoms in total. The largest absolute Gasteiger partial charge is 0.362 e. The van der Waals surface area contributed by atoms with Crippen molar-refractivity contribution >= 4 is 28.3 Å². The van der Waals surface area contributed by atoms with Crippen molar-refractivity contribution in [3.8, 4) is 0 Å². The molecule has 0 aliphatic carbocycles. The molecule has 0 saturated carbocycles. The quantitative estimate of drug-likeness (QED) is 0.810. The maximum atomic E-state index is 11.8. The summed E-state index contributed by atoms with van der Waals surface area (Å²) in [5.74, 6) is -0.856. The van der Waals surface area contributed by atoms with Crippen LogP contribution in [0.15, 0.2) is 6.20 Å². The lowest BCUT2D eigenvalue weighted by molar-refractivity contribution is -0.155. The molecule has 2 heterocycles. The van der Waals surface area contributed by atoms with E-state index in [-0.39, 0.29) is 0 Å². The Labute approximate surface area is 116 Å². The van der Waals surface area contributed by atoms with Crippen molar-refractivity contribution in [3.05, 3.63) is 11.1 Å². The number of aromatic nitrogens is 1. The van der Waals surface area contributed by atoms with E-state index >= 15 is 0 Å². The maximum Gasteiger partial charge on any atom is 0.312 e.